The average molecular weight is 151 g/mol. The van der Waals surface area contributed by atoms with Crippen molar-refractivity contribution in [1.29, 1.82) is 0 Å². The van der Waals surface area contributed by atoms with E-state index in [2.05, 4.69) is 0 Å². The molecule has 0 heterocycles. The maximum absolute atomic E-state index is 13.5. The third-order valence-corrected chi connectivity index (χ3v) is 2.20. The molecule has 58 valence electrons. The van der Waals surface area contributed by atoms with Crippen LogP contribution in [0.15, 0.2) is 30.3 Å². The fourth-order valence-corrected chi connectivity index (χ4v) is 1.31. The van der Waals surface area contributed by atoms with E-state index in [1.165, 1.54) is 0 Å². The summed E-state index contributed by atoms with van der Waals surface area (Å²) in [6, 6.07) is 8.83. The Labute approximate surface area is 65.0 Å². The molecule has 1 aliphatic carbocycles. The zero-order valence-corrected chi connectivity index (χ0v) is 6.13. The minimum Gasteiger partial charge on any atom is -0.325 e. The number of alkyl halides is 1. The summed E-state index contributed by atoms with van der Waals surface area (Å²) < 4.78 is 13.5. The highest BCUT2D eigenvalue weighted by Gasteiger charge is 2.54. The van der Waals surface area contributed by atoms with E-state index in [0.29, 0.717) is 12.0 Å². The van der Waals surface area contributed by atoms with Crippen LogP contribution in [-0.2, 0) is 5.67 Å². The molecule has 0 radical (unpaired) electrons. The maximum atomic E-state index is 13.5. The molecule has 2 heteroatoms. The van der Waals surface area contributed by atoms with E-state index in [4.69, 9.17) is 5.73 Å². The van der Waals surface area contributed by atoms with Gasteiger partial charge in [0.25, 0.3) is 0 Å². The van der Waals surface area contributed by atoms with Crippen molar-refractivity contribution in [2.45, 2.75) is 18.1 Å². The first kappa shape index (κ1) is 6.80. The number of hydrogen-bond acceptors (Lipinski definition) is 1. The molecule has 1 aromatic carbocycles. The number of nitrogens with two attached hydrogens (primary N) is 1. The molecule has 0 aromatic heterocycles. The third kappa shape index (κ3) is 0.942. The van der Waals surface area contributed by atoms with Crippen molar-refractivity contribution in [3.8, 4) is 0 Å². The van der Waals surface area contributed by atoms with Crippen molar-refractivity contribution in [2.75, 3.05) is 0 Å². The van der Waals surface area contributed by atoms with Crippen molar-refractivity contribution < 1.29 is 4.39 Å². The molecule has 0 saturated heterocycles. The first-order chi connectivity index (χ1) is 5.23. The summed E-state index contributed by atoms with van der Waals surface area (Å²) >= 11 is 0. The maximum Gasteiger partial charge on any atom is 0.152 e. The number of hydrogen-bond donors (Lipinski definition) is 1. The molecule has 11 heavy (non-hydrogen) atoms. The normalized spacial score (nSPS) is 35.3. The van der Waals surface area contributed by atoms with E-state index in [-0.39, 0.29) is 6.04 Å². The number of halogens is 1. The second kappa shape index (κ2) is 2.05. The Morgan fingerprint density at radius 1 is 1.36 bits per heavy atom. The van der Waals surface area contributed by atoms with Crippen LogP contribution in [0.2, 0.25) is 0 Å². The smallest absolute Gasteiger partial charge is 0.152 e. The molecule has 1 nitrogen and oxygen atoms in total. The van der Waals surface area contributed by atoms with Gasteiger partial charge in [-0.15, -0.1) is 0 Å². The van der Waals surface area contributed by atoms with Gasteiger partial charge in [0.15, 0.2) is 5.67 Å². The molecule has 0 amide bonds. The summed E-state index contributed by atoms with van der Waals surface area (Å²) in [6.45, 7) is 0. The van der Waals surface area contributed by atoms with Gasteiger partial charge in [-0.3, -0.25) is 0 Å². The van der Waals surface area contributed by atoms with Gasteiger partial charge in [0.2, 0.25) is 0 Å². The molecule has 1 aliphatic rings. The lowest BCUT2D eigenvalue weighted by Gasteiger charge is -2.04. The largest absolute Gasteiger partial charge is 0.325 e. The van der Waals surface area contributed by atoms with Crippen molar-refractivity contribution in [3.63, 3.8) is 0 Å². The molecule has 1 saturated carbocycles. The lowest BCUT2D eigenvalue weighted by molar-refractivity contribution is 0.306. The lowest BCUT2D eigenvalue weighted by atomic mass is 10.1. The van der Waals surface area contributed by atoms with Gasteiger partial charge < -0.3 is 5.73 Å². The van der Waals surface area contributed by atoms with Crippen LogP contribution in [0.4, 0.5) is 4.39 Å². The molecule has 0 bridgehead atoms. The van der Waals surface area contributed by atoms with Gasteiger partial charge >= 0.3 is 0 Å². The van der Waals surface area contributed by atoms with Crippen molar-refractivity contribution >= 4 is 0 Å². The Hall–Kier alpha value is -0.890. The third-order valence-electron chi connectivity index (χ3n) is 2.20. The molecule has 2 atom stereocenters. The highest BCUT2D eigenvalue weighted by Crippen LogP contribution is 2.48. The second-order valence-corrected chi connectivity index (χ2v) is 3.04. The van der Waals surface area contributed by atoms with Crippen LogP contribution in [0.3, 0.4) is 0 Å². The summed E-state index contributed by atoms with van der Waals surface area (Å²) in [5, 5.41) is 0. The summed E-state index contributed by atoms with van der Waals surface area (Å²) in [5.74, 6) is 0. The van der Waals surface area contributed by atoms with Crippen LogP contribution in [0.1, 0.15) is 12.0 Å². The first-order valence-corrected chi connectivity index (χ1v) is 3.73. The van der Waals surface area contributed by atoms with E-state index in [0.717, 1.165) is 0 Å². The van der Waals surface area contributed by atoms with E-state index < -0.39 is 5.67 Å². The van der Waals surface area contributed by atoms with Crippen molar-refractivity contribution in [3.05, 3.63) is 35.9 Å². The van der Waals surface area contributed by atoms with Crippen molar-refractivity contribution in [1.82, 2.24) is 0 Å². The monoisotopic (exact) mass is 151 g/mol. The van der Waals surface area contributed by atoms with Gasteiger partial charge in [-0.05, 0) is 5.56 Å². The SMILES string of the molecule is N[C@H]1C[C@@]1(F)c1ccccc1. The van der Waals surface area contributed by atoms with Gasteiger partial charge in [0.1, 0.15) is 0 Å². The van der Waals surface area contributed by atoms with Gasteiger partial charge in [-0.1, -0.05) is 30.3 Å². The molecular formula is C9H10FN. The van der Waals surface area contributed by atoms with Crippen LogP contribution < -0.4 is 5.73 Å². The Morgan fingerprint density at radius 2 is 1.91 bits per heavy atom. The zero-order valence-electron chi connectivity index (χ0n) is 6.13. The molecule has 0 aliphatic heterocycles. The number of benzene rings is 1. The minimum absolute atomic E-state index is 0.287. The van der Waals surface area contributed by atoms with Crippen LogP contribution >= 0.6 is 0 Å². The van der Waals surface area contributed by atoms with Crippen LogP contribution in [-0.4, -0.2) is 6.04 Å². The molecule has 0 unspecified atom stereocenters. The topological polar surface area (TPSA) is 26.0 Å². The Bertz CT molecular complexity index is 260. The van der Waals surface area contributed by atoms with Crippen LogP contribution in [0, 0.1) is 0 Å². The lowest BCUT2D eigenvalue weighted by Crippen LogP contribution is -2.12. The summed E-state index contributed by atoms with van der Waals surface area (Å²) in [4.78, 5) is 0. The van der Waals surface area contributed by atoms with Crippen LogP contribution in [0.25, 0.3) is 0 Å². The minimum atomic E-state index is -1.22. The van der Waals surface area contributed by atoms with E-state index >= 15 is 0 Å². The summed E-state index contributed by atoms with van der Waals surface area (Å²) in [6.07, 6.45) is 0.469. The zero-order chi connectivity index (χ0) is 7.90. The van der Waals surface area contributed by atoms with Gasteiger partial charge in [0, 0.05) is 12.5 Å². The predicted octanol–water partition coefficient (Wildman–Crippen LogP) is 1.58. The van der Waals surface area contributed by atoms with Crippen LogP contribution in [0.5, 0.6) is 0 Å². The Kier molecular flexibility index (Phi) is 1.26. The molecule has 1 aromatic rings. The molecule has 0 spiro atoms. The second-order valence-electron chi connectivity index (χ2n) is 3.04. The molecule has 2 rings (SSSR count). The summed E-state index contributed by atoms with van der Waals surface area (Å²) in [7, 11) is 0. The highest BCUT2D eigenvalue weighted by molar-refractivity contribution is 5.31. The molecule has 2 N–H and O–H groups in total. The van der Waals surface area contributed by atoms with Crippen molar-refractivity contribution in [2.24, 2.45) is 5.73 Å². The molecule has 1 fully saturated rings. The summed E-state index contributed by atoms with van der Waals surface area (Å²) in [5.41, 5.74) is 4.95. The van der Waals surface area contributed by atoms with Gasteiger partial charge in [-0.25, -0.2) is 4.39 Å². The molecular weight excluding hydrogens is 141 g/mol. The number of rotatable bonds is 1. The van der Waals surface area contributed by atoms with Gasteiger partial charge in [-0.2, -0.15) is 0 Å². The average Bonchev–Trinajstić information content (AvgIpc) is 2.64. The fraction of sp³-hybridized carbons (Fsp3) is 0.333. The first-order valence-electron chi connectivity index (χ1n) is 3.73. The van der Waals surface area contributed by atoms with E-state index in [9.17, 15) is 4.39 Å². The highest BCUT2D eigenvalue weighted by atomic mass is 19.1. The quantitative estimate of drug-likeness (QED) is 0.648. The van der Waals surface area contributed by atoms with E-state index in [1.54, 1.807) is 12.1 Å². The standard InChI is InChI=1S/C9H10FN/c10-9(6-8(9)11)7-4-2-1-3-5-7/h1-5,8H,6,11H2/t8-,9+/m0/s1. The van der Waals surface area contributed by atoms with Gasteiger partial charge in [0.05, 0.1) is 0 Å². The predicted molar refractivity (Wildman–Crippen MR) is 41.8 cm³/mol. The fourth-order valence-electron chi connectivity index (χ4n) is 1.31. The Balaban J connectivity index is 2.32. The Morgan fingerprint density at radius 3 is 2.36 bits per heavy atom. The van der Waals surface area contributed by atoms with E-state index in [1.807, 2.05) is 18.2 Å².